The molecule has 0 aliphatic heterocycles. The van der Waals surface area contributed by atoms with E-state index in [4.69, 9.17) is 8.83 Å². The first-order valence-electron chi connectivity index (χ1n) is 15.3. The summed E-state index contributed by atoms with van der Waals surface area (Å²) in [5.41, 5.74) is 8.66. The summed E-state index contributed by atoms with van der Waals surface area (Å²) in [7, 11) is 0. The van der Waals surface area contributed by atoms with E-state index in [1.165, 1.54) is 54.4 Å². The van der Waals surface area contributed by atoms with Gasteiger partial charge in [-0.05, 0) is 74.5 Å². The van der Waals surface area contributed by atoms with E-state index in [1.54, 1.807) is 0 Å². The average molecular weight is 563 g/mol. The molecule has 0 atom stereocenters. The topological polar surface area (TPSA) is 26.3 Å². The van der Waals surface area contributed by atoms with Gasteiger partial charge in [-0.15, -0.1) is 0 Å². The Labute approximate surface area is 253 Å². The Kier molecular flexibility index (Phi) is 4.86. The second-order valence-corrected chi connectivity index (χ2v) is 11.9. The maximum atomic E-state index is 6.80. The fourth-order valence-corrected chi connectivity index (χ4v) is 7.65. The molecule has 0 unspecified atom stereocenters. The molecule has 9 aromatic rings. The first-order valence-corrected chi connectivity index (χ1v) is 15.3. The molecule has 2 nitrogen and oxygen atoms in total. The van der Waals surface area contributed by atoms with Crippen LogP contribution in [0, 0.1) is 0 Å². The molecule has 0 fully saturated rings. The van der Waals surface area contributed by atoms with Crippen LogP contribution in [-0.2, 0) is 6.42 Å². The van der Waals surface area contributed by atoms with Crippen LogP contribution in [0.5, 0.6) is 0 Å². The molecule has 0 spiro atoms. The largest absolute Gasteiger partial charge is 0.456 e. The third-order valence-corrected chi connectivity index (χ3v) is 9.53. The maximum Gasteiger partial charge on any atom is 0.147 e. The minimum absolute atomic E-state index is 0.877. The molecule has 2 aromatic heterocycles. The van der Waals surface area contributed by atoms with Gasteiger partial charge in [0, 0.05) is 27.3 Å². The van der Waals surface area contributed by atoms with E-state index >= 15 is 0 Å². The number of hydrogen-bond acceptors (Lipinski definition) is 2. The Balaban J connectivity index is 1.44. The summed E-state index contributed by atoms with van der Waals surface area (Å²) in [6.45, 7) is 0. The van der Waals surface area contributed by atoms with E-state index in [0.29, 0.717) is 0 Å². The monoisotopic (exact) mass is 562 g/mol. The van der Waals surface area contributed by atoms with Crippen LogP contribution in [0.25, 0.3) is 93.6 Å². The third-order valence-electron chi connectivity index (χ3n) is 9.53. The Morgan fingerprint density at radius 3 is 1.84 bits per heavy atom. The zero-order valence-corrected chi connectivity index (χ0v) is 23.9. The molecule has 206 valence electrons. The van der Waals surface area contributed by atoms with Crippen molar-refractivity contribution in [1.82, 2.24) is 0 Å². The van der Waals surface area contributed by atoms with Gasteiger partial charge in [0.2, 0.25) is 0 Å². The first kappa shape index (κ1) is 23.9. The van der Waals surface area contributed by atoms with Crippen LogP contribution < -0.4 is 0 Å². The summed E-state index contributed by atoms with van der Waals surface area (Å²) < 4.78 is 13.6. The highest BCUT2D eigenvalue weighted by Gasteiger charge is 2.27. The number of hydrogen-bond donors (Lipinski definition) is 0. The van der Waals surface area contributed by atoms with Crippen molar-refractivity contribution >= 4 is 71.3 Å². The molecule has 7 aromatic carbocycles. The van der Waals surface area contributed by atoms with Gasteiger partial charge in [-0.1, -0.05) is 115 Å². The quantitative estimate of drug-likeness (QED) is 0.196. The van der Waals surface area contributed by atoms with E-state index in [2.05, 4.69) is 127 Å². The molecule has 2 heteroatoms. The van der Waals surface area contributed by atoms with Crippen LogP contribution in [0.1, 0.15) is 17.7 Å². The van der Waals surface area contributed by atoms with Gasteiger partial charge < -0.3 is 8.83 Å². The van der Waals surface area contributed by atoms with E-state index in [0.717, 1.165) is 57.3 Å². The Morgan fingerprint density at radius 2 is 1.07 bits per heavy atom. The molecule has 0 saturated carbocycles. The summed E-state index contributed by atoms with van der Waals surface area (Å²) in [5.74, 6) is 0.963. The van der Waals surface area contributed by atoms with Crippen molar-refractivity contribution in [2.75, 3.05) is 0 Å². The van der Waals surface area contributed by atoms with Crippen molar-refractivity contribution in [3.8, 4) is 22.3 Å². The lowest BCUT2D eigenvalue weighted by molar-refractivity contribution is 0.595. The fourth-order valence-electron chi connectivity index (χ4n) is 7.65. The lowest BCUT2D eigenvalue weighted by Crippen LogP contribution is -1.93. The Bertz CT molecular complexity index is 2600. The number of para-hydroxylation sites is 1. The van der Waals surface area contributed by atoms with Crippen LogP contribution in [0.3, 0.4) is 0 Å². The van der Waals surface area contributed by atoms with Crippen molar-refractivity contribution in [3.63, 3.8) is 0 Å². The predicted octanol–water partition coefficient (Wildman–Crippen LogP) is 12.1. The van der Waals surface area contributed by atoms with E-state index in [-0.39, 0.29) is 0 Å². The number of furan rings is 2. The van der Waals surface area contributed by atoms with Crippen molar-refractivity contribution < 1.29 is 8.83 Å². The first-order chi connectivity index (χ1) is 21.8. The highest BCUT2D eigenvalue weighted by Crippen LogP contribution is 2.51. The highest BCUT2D eigenvalue weighted by atomic mass is 16.3. The molecular weight excluding hydrogens is 536 g/mol. The van der Waals surface area contributed by atoms with Crippen molar-refractivity contribution in [2.45, 2.75) is 12.8 Å². The lowest BCUT2D eigenvalue weighted by atomic mass is 9.84. The zero-order valence-electron chi connectivity index (χ0n) is 23.9. The minimum Gasteiger partial charge on any atom is -0.456 e. The third kappa shape index (κ3) is 3.20. The summed E-state index contributed by atoms with van der Waals surface area (Å²) in [6, 6.07) is 43.7. The van der Waals surface area contributed by atoms with Gasteiger partial charge in [0.05, 0.1) is 5.56 Å². The molecule has 0 saturated heterocycles. The highest BCUT2D eigenvalue weighted by molar-refractivity contribution is 6.29. The average Bonchev–Trinajstić information content (AvgIpc) is 3.64. The molecule has 10 rings (SSSR count). The molecule has 44 heavy (non-hydrogen) atoms. The molecule has 1 aliphatic rings. The predicted molar refractivity (Wildman–Crippen MR) is 184 cm³/mol. The van der Waals surface area contributed by atoms with Crippen LogP contribution in [0.4, 0.5) is 0 Å². The van der Waals surface area contributed by atoms with E-state index < -0.39 is 0 Å². The molecule has 0 radical (unpaired) electrons. The van der Waals surface area contributed by atoms with Crippen molar-refractivity contribution in [1.29, 1.82) is 0 Å². The van der Waals surface area contributed by atoms with Gasteiger partial charge in [0.1, 0.15) is 22.5 Å². The number of fused-ring (bicyclic) bond motifs is 9. The summed E-state index contributed by atoms with van der Waals surface area (Å²) in [6.07, 6.45) is 6.35. The normalized spacial score (nSPS) is 13.2. The van der Waals surface area contributed by atoms with Gasteiger partial charge in [-0.2, -0.15) is 0 Å². The second kappa shape index (κ2) is 8.95. The van der Waals surface area contributed by atoms with Gasteiger partial charge in [-0.3, -0.25) is 0 Å². The standard InChI is InChI=1S/C42H26O2/c1-2-14-26-25(12-1)13-11-21-29(26)38-30-17-3-5-19-32(30)39(33-20-6-4-18-31(33)38)40-41-34(27-15-7-9-22-36(27)43-41)24-35-28-16-8-10-23-37(28)44-42(35)40/h1-7,9-15,17-24H,8,16H2. The van der Waals surface area contributed by atoms with Gasteiger partial charge in [0.15, 0.2) is 0 Å². The summed E-state index contributed by atoms with van der Waals surface area (Å²) in [5, 5.41) is 10.8. The van der Waals surface area contributed by atoms with Gasteiger partial charge >= 0.3 is 0 Å². The van der Waals surface area contributed by atoms with Crippen LogP contribution in [0.15, 0.2) is 136 Å². The SMILES string of the molecule is C1=Cc2oc3c(-c4c5ccccc5c(-c5cccc6ccccc56)c5ccccc45)c4oc5ccccc5c4cc3c2CC1. The van der Waals surface area contributed by atoms with Crippen molar-refractivity contribution in [3.05, 3.63) is 139 Å². The van der Waals surface area contributed by atoms with Crippen LogP contribution in [-0.4, -0.2) is 0 Å². The summed E-state index contributed by atoms with van der Waals surface area (Å²) in [4.78, 5) is 0. The molecule has 2 heterocycles. The zero-order chi connectivity index (χ0) is 28.8. The molecular formula is C42H26O2. The van der Waals surface area contributed by atoms with E-state index in [9.17, 15) is 0 Å². The fraction of sp³-hybridized carbons (Fsp3) is 0.0476. The number of rotatable bonds is 2. The summed E-state index contributed by atoms with van der Waals surface area (Å²) >= 11 is 0. The molecule has 0 N–H and O–H groups in total. The lowest BCUT2D eigenvalue weighted by Gasteiger charge is -2.19. The van der Waals surface area contributed by atoms with E-state index in [1.807, 2.05) is 6.07 Å². The number of allylic oxidation sites excluding steroid dienone is 1. The molecule has 0 amide bonds. The van der Waals surface area contributed by atoms with Crippen LogP contribution in [0.2, 0.25) is 0 Å². The molecule has 1 aliphatic carbocycles. The number of benzene rings is 7. The Hall–Kier alpha value is -5.60. The van der Waals surface area contributed by atoms with Gasteiger partial charge in [-0.25, -0.2) is 0 Å². The minimum atomic E-state index is 0.877. The number of aryl methyl sites for hydroxylation is 1. The Morgan fingerprint density at radius 1 is 0.455 bits per heavy atom. The maximum absolute atomic E-state index is 6.80. The van der Waals surface area contributed by atoms with Gasteiger partial charge in [0.25, 0.3) is 0 Å². The smallest absolute Gasteiger partial charge is 0.147 e. The second-order valence-electron chi connectivity index (χ2n) is 11.9. The van der Waals surface area contributed by atoms with Crippen molar-refractivity contribution in [2.24, 2.45) is 0 Å². The van der Waals surface area contributed by atoms with Crippen LogP contribution >= 0.6 is 0 Å². The molecule has 0 bridgehead atoms.